The van der Waals surface area contributed by atoms with Gasteiger partial charge in [0.05, 0.1) is 7.11 Å². The number of methoxy groups -OCH3 is 1. The Hall–Kier alpha value is -0.406. The smallest absolute Gasteiger partial charge is 0.303 e. The standard InChI is InChI=1S/C12H16O3.Y/c1-8-6-10(4-5-11(13)14)7-9(2)12(8)15-3;/h6-7H,4-5H2,1-3H3,(H,13,14);. The predicted molar refractivity (Wildman–Crippen MR) is 58.4 cm³/mol. The zero-order valence-electron chi connectivity index (χ0n) is 9.91. The molecular formula is C12H16O3Y. The van der Waals surface area contributed by atoms with Crippen LogP contribution in [0.15, 0.2) is 12.1 Å². The van der Waals surface area contributed by atoms with E-state index in [2.05, 4.69) is 0 Å². The van der Waals surface area contributed by atoms with Crippen molar-refractivity contribution in [3.8, 4) is 5.75 Å². The summed E-state index contributed by atoms with van der Waals surface area (Å²) >= 11 is 0. The molecule has 3 nitrogen and oxygen atoms in total. The molecule has 0 saturated carbocycles. The first kappa shape index (κ1) is 15.6. The van der Waals surface area contributed by atoms with Crippen molar-refractivity contribution in [1.29, 1.82) is 0 Å². The third-order valence-corrected chi connectivity index (χ3v) is 2.35. The van der Waals surface area contributed by atoms with Gasteiger partial charge in [-0.25, -0.2) is 0 Å². The van der Waals surface area contributed by atoms with Crippen molar-refractivity contribution >= 4 is 5.97 Å². The zero-order valence-corrected chi connectivity index (χ0v) is 12.7. The number of carboxylic acid groups (broad SMARTS) is 1. The molecule has 0 atom stereocenters. The molecule has 0 aliphatic carbocycles. The Kier molecular flexibility index (Phi) is 6.85. The van der Waals surface area contributed by atoms with E-state index in [4.69, 9.17) is 9.84 Å². The molecule has 0 amide bonds. The molecule has 0 aromatic heterocycles. The van der Waals surface area contributed by atoms with Crippen LogP contribution >= 0.6 is 0 Å². The normalized spacial score (nSPS) is 9.44. The minimum absolute atomic E-state index is 0. The van der Waals surface area contributed by atoms with E-state index >= 15 is 0 Å². The Bertz CT molecular complexity index is 352. The summed E-state index contributed by atoms with van der Waals surface area (Å²) in [7, 11) is 1.65. The molecule has 0 aliphatic heterocycles. The van der Waals surface area contributed by atoms with Gasteiger partial charge in [0.2, 0.25) is 0 Å². The van der Waals surface area contributed by atoms with E-state index in [9.17, 15) is 4.79 Å². The largest absolute Gasteiger partial charge is 0.496 e. The molecule has 1 N–H and O–H groups in total. The van der Waals surface area contributed by atoms with Crippen molar-refractivity contribution < 1.29 is 47.3 Å². The number of hydrogen-bond acceptors (Lipinski definition) is 2. The average Bonchev–Trinajstić information content (AvgIpc) is 2.14. The van der Waals surface area contributed by atoms with Crippen LogP contribution < -0.4 is 4.74 Å². The van der Waals surface area contributed by atoms with Crippen LogP contribution in [0, 0.1) is 13.8 Å². The molecule has 1 radical (unpaired) electrons. The minimum atomic E-state index is -0.763. The molecule has 0 heterocycles. The SMILES string of the molecule is COc1c(C)cc(CCC(=O)O)cc1C.[Y]. The van der Waals surface area contributed by atoms with Crippen LogP contribution in [0.25, 0.3) is 0 Å². The first-order chi connectivity index (χ1) is 7.04. The van der Waals surface area contributed by atoms with E-state index in [-0.39, 0.29) is 39.1 Å². The summed E-state index contributed by atoms with van der Waals surface area (Å²) in [6.07, 6.45) is 0.742. The molecule has 0 aliphatic rings. The average molecular weight is 297 g/mol. The van der Waals surface area contributed by atoms with Gasteiger partial charge in [-0.3, -0.25) is 4.79 Å². The first-order valence-electron chi connectivity index (χ1n) is 4.90. The number of aliphatic carboxylic acids is 1. The molecule has 1 aromatic carbocycles. The molecule has 0 spiro atoms. The number of carboxylic acids is 1. The van der Waals surface area contributed by atoms with Crippen LogP contribution in [0.5, 0.6) is 5.75 Å². The fourth-order valence-electron chi connectivity index (χ4n) is 1.76. The van der Waals surface area contributed by atoms with Gasteiger partial charge in [-0.1, -0.05) is 12.1 Å². The molecule has 85 valence electrons. The van der Waals surface area contributed by atoms with E-state index < -0.39 is 5.97 Å². The van der Waals surface area contributed by atoms with Crippen LogP contribution in [0.1, 0.15) is 23.1 Å². The molecule has 0 unspecified atom stereocenters. The van der Waals surface area contributed by atoms with Crippen molar-refractivity contribution in [2.75, 3.05) is 7.11 Å². The summed E-state index contributed by atoms with van der Waals surface area (Å²) < 4.78 is 5.24. The van der Waals surface area contributed by atoms with Gasteiger partial charge in [0.1, 0.15) is 5.75 Å². The Balaban J connectivity index is 0.00000225. The molecule has 4 heteroatoms. The van der Waals surface area contributed by atoms with Gasteiger partial charge in [-0.2, -0.15) is 0 Å². The quantitative estimate of drug-likeness (QED) is 0.928. The third kappa shape index (κ3) is 4.22. The summed E-state index contributed by atoms with van der Waals surface area (Å²) in [5, 5.41) is 8.59. The van der Waals surface area contributed by atoms with E-state index in [1.54, 1.807) is 7.11 Å². The molecule has 1 rings (SSSR count). The number of hydrogen-bond donors (Lipinski definition) is 1. The van der Waals surface area contributed by atoms with Gasteiger partial charge in [-0.05, 0) is 37.0 Å². The molecule has 0 fully saturated rings. The first-order valence-corrected chi connectivity index (χ1v) is 4.90. The van der Waals surface area contributed by atoms with E-state index in [1.165, 1.54) is 0 Å². The second-order valence-corrected chi connectivity index (χ2v) is 3.66. The summed E-state index contributed by atoms with van der Waals surface area (Å²) in [6, 6.07) is 3.96. The monoisotopic (exact) mass is 297 g/mol. The zero-order chi connectivity index (χ0) is 11.4. The topological polar surface area (TPSA) is 46.5 Å². The van der Waals surface area contributed by atoms with Gasteiger partial charge >= 0.3 is 5.97 Å². The van der Waals surface area contributed by atoms with Gasteiger partial charge in [0.25, 0.3) is 0 Å². The number of benzene rings is 1. The minimum Gasteiger partial charge on any atom is -0.496 e. The Morgan fingerprint density at radius 3 is 2.19 bits per heavy atom. The van der Waals surface area contributed by atoms with Crippen LogP contribution in [0.4, 0.5) is 0 Å². The Morgan fingerprint density at radius 1 is 1.31 bits per heavy atom. The molecule has 1 aromatic rings. The summed E-state index contributed by atoms with van der Waals surface area (Å²) in [4.78, 5) is 10.4. The number of aryl methyl sites for hydroxylation is 3. The molecule has 0 saturated heterocycles. The van der Waals surface area contributed by atoms with Crippen LogP contribution in [-0.2, 0) is 43.9 Å². The maximum absolute atomic E-state index is 10.4. The molecule has 0 bridgehead atoms. The third-order valence-electron chi connectivity index (χ3n) is 2.35. The van der Waals surface area contributed by atoms with Crippen LogP contribution in [-0.4, -0.2) is 18.2 Å². The fourth-order valence-corrected chi connectivity index (χ4v) is 1.76. The number of carbonyl (C=O) groups is 1. The van der Waals surface area contributed by atoms with Crippen molar-refractivity contribution in [3.05, 3.63) is 28.8 Å². The fraction of sp³-hybridized carbons (Fsp3) is 0.417. The van der Waals surface area contributed by atoms with E-state index in [0.717, 1.165) is 22.4 Å². The van der Waals surface area contributed by atoms with Gasteiger partial charge in [0, 0.05) is 39.1 Å². The van der Waals surface area contributed by atoms with Crippen LogP contribution in [0.3, 0.4) is 0 Å². The number of rotatable bonds is 4. The Labute approximate surface area is 121 Å². The van der Waals surface area contributed by atoms with E-state index in [1.807, 2.05) is 26.0 Å². The summed E-state index contributed by atoms with van der Waals surface area (Å²) in [5.74, 6) is 0.121. The van der Waals surface area contributed by atoms with Gasteiger partial charge in [-0.15, -0.1) is 0 Å². The van der Waals surface area contributed by atoms with Crippen molar-refractivity contribution in [2.24, 2.45) is 0 Å². The number of ether oxygens (including phenoxy) is 1. The van der Waals surface area contributed by atoms with Gasteiger partial charge < -0.3 is 9.84 Å². The summed E-state index contributed by atoms with van der Waals surface area (Å²) in [5.41, 5.74) is 3.16. The Morgan fingerprint density at radius 2 is 1.81 bits per heavy atom. The summed E-state index contributed by atoms with van der Waals surface area (Å²) in [6.45, 7) is 3.94. The maximum atomic E-state index is 10.4. The maximum Gasteiger partial charge on any atom is 0.303 e. The van der Waals surface area contributed by atoms with Gasteiger partial charge in [0.15, 0.2) is 0 Å². The van der Waals surface area contributed by atoms with Crippen molar-refractivity contribution in [3.63, 3.8) is 0 Å². The predicted octanol–water partition coefficient (Wildman–Crippen LogP) is 2.33. The second kappa shape index (κ2) is 7.02. The second-order valence-electron chi connectivity index (χ2n) is 3.66. The van der Waals surface area contributed by atoms with E-state index in [0.29, 0.717) is 6.42 Å². The molecule has 16 heavy (non-hydrogen) atoms. The molecular weight excluding hydrogens is 281 g/mol. The van der Waals surface area contributed by atoms with Crippen molar-refractivity contribution in [1.82, 2.24) is 0 Å². The van der Waals surface area contributed by atoms with Crippen molar-refractivity contribution in [2.45, 2.75) is 26.7 Å². The van der Waals surface area contributed by atoms with Crippen LogP contribution in [0.2, 0.25) is 0 Å².